The third kappa shape index (κ3) is 3.93. The zero-order valence-electron chi connectivity index (χ0n) is 17.1. The van der Waals surface area contributed by atoms with Crippen molar-refractivity contribution in [2.75, 3.05) is 5.43 Å². The normalized spacial score (nSPS) is 11.4. The van der Waals surface area contributed by atoms with Crippen molar-refractivity contribution in [3.05, 3.63) is 89.0 Å². The van der Waals surface area contributed by atoms with Gasteiger partial charge in [-0.2, -0.15) is 10.2 Å². The summed E-state index contributed by atoms with van der Waals surface area (Å²) < 4.78 is 3.50. The lowest BCUT2D eigenvalue weighted by molar-refractivity contribution is 0.664. The number of halogens is 1. The quantitative estimate of drug-likeness (QED) is 0.316. The highest BCUT2D eigenvalue weighted by atomic mass is 35.5. The molecule has 5 rings (SSSR count). The predicted octanol–water partition coefficient (Wildman–Crippen LogP) is 3.86. The van der Waals surface area contributed by atoms with Crippen molar-refractivity contribution in [3.8, 4) is 5.69 Å². The van der Waals surface area contributed by atoms with Crippen molar-refractivity contribution >= 4 is 34.8 Å². The van der Waals surface area contributed by atoms with Crippen molar-refractivity contribution in [1.82, 2.24) is 34.7 Å². The number of nitrogens with one attached hydrogen (secondary N) is 1. The van der Waals surface area contributed by atoms with Crippen LogP contribution in [0.3, 0.4) is 0 Å². The van der Waals surface area contributed by atoms with E-state index in [-0.39, 0.29) is 0 Å². The number of para-hydroxylation sites is 1. The second-order valence-corrected chi connectivity index (χ2v) is 7.46. The monoisotopic (exact) mass is 443 g/mol. The van der Waals surface area contributed by atoms with Gasteiger partial charge in [-0.3, -0.25) is 5.43 Å². The molecule has 0 aliphatic heterocycles. The number of nitrogens with zero attached hydrogens (tertiary/aromatic N) is 8. The smallest absolute Gasteiger partial charge is 0.184 e. The molecular weight excluding hydrogens is 426 g/mol. The first-order valence-electron chi connectivity index (χ1n) is 9.87. The van der Waals surface area contributed by atoms with Crippen LogP contribution < -0.4 is 5.43 Å². The fourth-order valence-electron chi connectivity index (χ4n) is 3.24. The van der Waals surface area contributed by atoms with Gasteiger partial charge in [0.1, 0.15) is 6.33 Å². The zero-order valence-corrected chi connectivity index (χ0v) is 17.8. The Hall–Kier alpha value is -4.11. The van der Waals surface area contributed by atoms with Gasteiger partial charge < -0.3 is 0 Å². The predicted molar refractivity (Wildman–Crippen MR) is 123 cm³/mol. The lowest BCUT2D eigenvalue weighted by atomic mass is 10.2. The molecule has 0 radical (unpaired) electrons. The summed E-state index contributed by atoms with van der Waals surface area (Å²) in [5, 5.41) is 18.0. The van der Waals surface area contributed by atoms with Crippen LogP contribution in [0.5, 0.6) is 0 Å². The van der Waals surface area contributed by atoms with Gasteiger partial charge in [-0.05, 0) is 30.7 Å². The standard InChI is InChI=1S/C22H18ClN9/c1-15-17(13-31(29-15)18-8-3-2-4-9-18)11-26-28-21-20-22(25-14-24-21)32(30-27-20)12-16-7-5-6-10-19(16)23/h2-11,13-14H,12H2,1H3,(H,24,25,28)/b26-11-. The van der Waals surface area contributed by atoms with Crippen LogP contribution >= 0.6 is 11.6 Å². The Morgan fingerprint density at radius 3 is 2.72 bits per heavy atom. The molecule has 1 N–H and O–H groups in total. The summed E-state index contributed by atoms with van der Waals surface area (Å²) >= 11 is 6.27. The third-order valence-corrected chi connectivity index (χ3v) is 5.28. The molecule has 5 aromatic rings. The maximum absolute atomic E-state index is 6.27. The molecule has 0 amide bonds. The number of rotatable bonds is 6. The molecular formula is C22H18ClN9. The van der Waals surface area contributed by atoms with E-state index in [9.17, 15) is 0 Å². The Morgan fingerprint density at radius 1 is 1.06 bits per heavy atom. The summed E-state index contributed by atoms with van der Waals surface area (Å²) in [5.74, 6) is 0.463. The minimum absolute atomic E-state index is 0.452. The average molecular weight is 444 g/mol. The average Bonchev–Trinajstić information content (AvgIpc) is 3.40. The molecule has 3 aromatic heterocycles. The first-order chi connectivity index (χ1) is 15.7. The molecule has 0 saturated carbocycles. The maximum Gasteiger partial charge on any atom is 0.184 e. The van der Waals surface area contributed by atoms with Crippen molar-refractivity contribution in [3.63, 3.8) is 0 Å². The first kappa shape index (κ1) is 19.8. The summed E-state index contributed by atoms with van der Waals surface area (Å²) in [4.78, 5) is 8.58. The highest BCUT2D eigenvalue weighted by Crippen LogP contribution is 2.20. The molecule has 32 heavy (non-hydrogen) atoms. The van der Waals surface area contributed by atoms with E-state index < -0.39 is 0 Å². The van der Waals surface area contributed by atoms with Gasteiger partial charge in [-0.1, -0.05) is 53.2 Å². The number of aryl methyl sites for hydroxylation is 1. The number of hydrogen-bond acceptors (Lipinski definition) is 7. The van der Waals surface area contributed by atoms with Gasteiger partial charge in [0.15, 0.2) is 17.0 Å². The largest absolute Gasteiger partial charge is 0.259 e. The number of aromatic nitrogens is 7. The summed E-state index contributed by atoms with van der Waals surface area (Å²) in [6.45, 7) is 2.39. The second kappa shape index (κ2) is 8.56. The van der Waals surface area contributed by atoms with Crippen LogP contribution in [0.2, 0.25) is 5.02 Å². The lowest BCUT2D eigenvalue weighted by Crippen LogP contribution is -2.04. The van der Waals surface area contributed by atoms with Gasteiger partial charge >= 0.3 is 0 Å². The van der Waals surface area contributed by atoms with Crippen molar-refractivity contribution in [1.29, 1.82) is 0 Å². The van der Waals surface area contributed by atoms with Crippen molar-refractivity contribution < 1.29 is 0 Å². The van der Waals surface area contributed by atoms with Crippen molar-refractivity contribution in [2.24, 2.45) is 5.10 Å². The number of hydrazone groups is 1. The Bertz CT molecular complexity index is 1410. The molecule has 0 saturated heterocycles. The SMILES string of the molecule is Cc1nn(-c2ccccc2)cc1/C=N\Nc1ncnc2c1nnn2Cc1ccccc1Cl. The van der Waals surface area contributed by atoms with E-state index in [1.807, 2.05) is 72.4 Å². The van der Waals surface area contributed by atoms with Crippen molar-refractivity contribution in [2.45, 2.75) is 13.5 Å². The van der Waals surface area contributed by atoms with E-state index in [2.05, 4.69) is 35.9 Å². The molecule has 10 heteroatoms. The number of anilines is 1. The minimum Gasteiger partial charge on any atom is -0.259 e. The van der Waals surface area contributed by atoms with Gasteiger partial charge in [-0.15, -0.1) is 5.10 Å². The highest BCUT2D eigenvalue weighted by molar-refractivity contribution is 6.31. The zero-order chi connectivity index (χ0) is 21.9. The Morgan fingerprint density at radius 2 is 1.88 bits per heavy atom. The maximum atomic E-state index is 6.27. The van der Waals surface area contributed by atoms with Crippen LogP contribution in [-0.2, 0) is 6.54 Å². The van der Waals surface area contributed by atoms with E-state index in [0.717, 1.165) is 22.5 Å². The highest BCUT2D eigenvalue weighted by Gasteiger charge is 2.13. The van der Waals surface area contributed by atoms with Crippen LogP contribution in [0.15, 0.2) is 72.2 Å². The molecule has 0 spiro atoms. The Kier molecular flexibility index (Phi) is 5.30. The number of fused-ring (bicyclic) bond motifs is 1. The molecule has 0 bridgehead atoms. The molecule has 0 fully saturated rings. The fourth-order valence-corrected chi connectivity index (χ4v) is 3.44. The minimum atomic E-state index is 0.452. The Balaban J connectivity index is 1.36. The molecule has 0 aliphatic rings. The lowest BCUT2D eigenvalue weighted by Gasteiger charge is -2.04. The van der Waals surface area contributed by atoms with E-state index in [4.69, 9.17) is 11.6 Å². The van der Waals surface area contributed by atoms with E-state index in [0.29, 0.717) is 28.5 Å². The Labute approximate surface area is 188 Å². The molecule has 0 unspecified atom stereocenters. The van der Waals surface area contributed by atoms with Gasteiger partial charge in [0.2, 0.25) is 0 Å². The van der Waals surface area contributed by atoms with E-state index in [1.54, 1.807) is 10.9 Å². The molecule has 158 valence electrons. The van der Waals surface area contributed by atoms with Crippen LogP contribution in [0.4, 0.5) is 5.82 Å². The molecule has 3 heterocycles. The van der Waals surface area contributed by atoms with E-state index >= 15 is 0 Å². The number of hydrogen-bond donors (Lipinski definition) is 1. The van der Waals surface area contributed by atoms with Crippen LogP contribution in [0.1, 0.15) is 16.8 Å². The molecule has 0 aliphatic carbocycles. The molecule has 0 atom stereocenters. The summed E-state index contributed by atoms with van der Waals surface area (Å²) in [7, 11) is 0. The van der Waals surface area contributed by atoms with Gasteiger partial charge in [0.05, 0.1) is 24.1 Å². The second-order valence-electron chi connectivity index (χ2n) is 7.05. The van der Waals surface area contributed by atoms with Gasteiger partial charge in [-0.25, -0.2) is 19.3 Å². The van der Waals surface area contributed by atoms with Crippen LogP contribution in [-0.4, -0.2) is 41.0 Å². The van der Waals surface area contributed by atoms with Gasteiger partial charge in [0, 0.05) is 16.8 Å². The molecule has 9 nitrogen and oxygen atoms in total. The fraction of sp³-hybridized carbons (Fsp3) is 0.0909. The summed E-state index contributed by atoms with van der Waals surface area (Å²) in [5.41, 5.74) is 7.70. The summed E-state index contributed by atoms with van der Waals surface area (Å²) in [6, 6.07) is 17.5. The first-order valence-corrected chi connectivity index (χ1v) is 10.3. The van der Waals surface area contributed by atoms with Crippen LogP contribution in [0, 0.1) is 6.92 Å². The van der Waals surface area contributed by atoms with Crippen LogP contribution in [0.25, 0.3) is 16.9 Å². The molecule has 2 aromatic carbocycles. The topological polar surface area (TPSA) is 98.7 Å². The third-order valence-electron chi connectivity index (χ3n) is 4.91. The van der Waals surface area contributed by atoms with Gasteiger partial charge in [0.25, 0.3) is 0 Å². The van der Waals surface area contributed by atoms with E-state index in [1.165, 1.54) is 6.33 Å². The number of benzene rings is 2. The summed E-state index contributed by atoms with van der Waals surface area (Å²) in [6.07, 6.45) is 5.07.